The fourth-order valence-corrected chi connectivity index (χ4v) is 4.42. The van der Waals surface area contributed by atoms with E-state index in [1.54, 1.807) is 0 Å². The average Bonchev–Trinajstić information content (AvgIpc) is 3.19. The van der Waals surface area contributed by atoms with Gasteiger partial charge in [-0.3, -0.25) is 4.79 Å². The lowest BCUT2D eigenvalue weighted by molar-refractivity contribution is 0.0773. The van der Waals surface area contributed by atoms with Crippen molar-refractivity contribution in [3.05, 3.63) is 29.8 Å². The highest BCUT2D eigenvalue weighted by Crippen LogP contribution is 2.44. The number of fused-ring (bicyclic) bond motifs is 2. The highest BCUT2D eigenvalue weighted by molar-refractivity contribution is 7.80. The Kier molecular flexibility index (Phi) is 5.39. The average molecular weight is 346 g/mol. The van der Waals surface area contributed by atoms with E-state index in [4.69, 9.17) is 12.2 Å². The zero-order valence-corrected chi connectivity index (χ0v) is 15.4. The second-order valence-corrected chi connectivity index (χ2v) is 7.34. The monoisotopic (exact) mass is 345 g/mol. The van der Waals surface area contributed by atoms with Gasteiger partial charge in [-0.15, -0.1) is 0 Å². The van der Waals surface area contributed by atoms with Crippen LogP contribution in [0.4, 0.5) is 5.69 Å². The Bertz CT molecular complexity index is 597. The Hall–Kier alpha value is -1.62. The molecule has 0 saturated heterocycles. The summed E-state index contributed by atoms with van der Waals surface area (Å²) in [6.45, 7) is 5.45. The van der Waals surface area contributed by atoms with Crippen LogP contribution in [0.15, 0.2) is 24.3 Å². The van der Waals surface area contributed by atoms with Gasteiger partial charge in [0, 0.05) is 30.4 Å². The molecule has 2 saturated carbocycles. The highest BCUT2D eigenvalue weighted by atomic mass is 32.1. The van der Waals surface area contributed by atoms with Gasteiger partial charge in [-0.2, -0.15) is 0 Å². The van der Waals surface area contributed by atoms with E-state index in [-0.39, 0.29) is 5.91 Å². The lowest BCUT2D eigenvalue weighted by Gasteiger charge is -2.24. The minimum atomic E-state index is 0.0780. The number of anilines is 1. The molecule has 3 rings (SSSR count). The Morgan fingerprint density at radius 1 is 1.17 bits per heavy atom. The molecule has 0 heterocycles. The summed E-state index contributed by atoms with van der Waals surface area (Å²) in [6, 6.07) is 8.11. The number of hydrogen-bond donors (Lipinski definition) is 2. The van der Waals surface area contributed by atoms with Crippen molar-refractivity contribution < 1.29 is 4.79 Å². The van der Waals surface area contributed by atoms with E-state index >= 15 is 0 Å². The van der Waals surface area contributed by atoms with E-state index in [9.17, 15) is 4.79 Å². The minimum absolute atomic E-state index is 0.0780. The molecule has 130 valence electrons. The predicted molar refractivity (Wildman–Crippen MR) is 102 cm³/mol. The van der Waals surface area contributed by atoms with Gasteiger partial charge in [0.05, 0.1) is 0 Å². The van der Waals surface area contributed by atoms with Crippen molar-refractivity contribution in [2.24, 2.45) is 11.8 Å². The first-order chi connectivity index (χ1) is 11.6. The maximum Gasteiger partial charge on any atom is 0.253 e. The molecular formula is C19H27N3OS. The molecule has 1 amide bonds. The standard InChI is InChI=1S/C19H27N3OS/c1-3-22(4-2)18(23)14-7-9-16(10-8-14)20-19(24)21-17-12-13-5-6-15(17)11-13/h7-10,13,15,17H,3-6,11-12H2,1-2H3,(H2,20,21,24)/t13-,15-,17-/m0/s1. The van der Waals surface area contributed by atoms with Gasteiger partial charge >= 0.3 is 0 Å². The fourth-order valence-electron chi connectivity index (χ4n) is 4.15. The summed E-state index contributed by atoms with van der Waals surface area (Å²) in [4.78, 5) is 14.1. The molecule has 2 N–H and O–H groups in total. The third-order valence-electron chi connectivity index (χ3n) is 5.49. The molecular weight excluding hydrogens is 318 g/mol. The van der Waals surface area contributed by atoms with E-state index < -0.39 is 0 Å². The van der Waals surface area contributed by atoms with E-state index in [1.807, 2.05) is 43.0 Å². The summed E-state index contributed by atoms with van der Waals surface area (Å²) in [5.41, 5.74) is 1.64. The van der Waals surface area contributed by atoms with Crippen LogP contribution in [0.1, 0.15) is 49.9 Å². The summed E-state index contributed by atoms with van der Waals surface area (Å²) in [5.74, 6) is 1.78. The topological polar surface area (TPSA) is 44.4 Å². The molecule has 0 aromatic heterocycles. The highest BCUT2D eigenvalue weighted by Gasteiger charge is 2.39. The van der Waals surface area contributed by atoms with Gasteiger partial charge in [-0.25, -0.2) is 0 Å². The van der Waals surface area contributed by atoms with Crippen molar-refractivity contribution in [2.75, 3.05) is 18.4 Å². The number of hydrogen-bond acceptors (Lipinski definition) is 2. The van der Waals surface area contributed by atoms with Crippen molar-refractivity contribution in [1.82, 2.24) is 10.2 Å². The molecule has 2 aliphatic carbocycles. The molecule has 4 nitrogen and oxygen atoms in total. The Morgan fingerprint density at radius 3 is 2.42 bits per heavy atom. The number of thiocarbonyl (C=S) groups is 1. The van der Waals surface area contributed by atoms with E-state index in [2.05, 4.69) is 10.6 Å². The van der Waals surface area contributed by atoms with Crippen molar-refractivity contribution >= 4 is 28.9 Å². The lowest BCUT2D eigenvalue weighted by atomic mass is 9.96. The van der Waals surface area contributed by atoms with Crippen molar-refractivity contribution in [3.8, 4) is 0 Å². The van der Waals surface area contributed by atoms with Crippen molar-refractivity contribution in [1.29, 1.82) is 0 Å². The summed E-state index contributed by atoms with van der Waals surface area (Å²) < 4.78 is 0. The lowest BCUT2D eigenvalue weighted by Crippen LogP contribution is -2.40. The Balaban J connectivity index is 1.54. The van der Waals surface area contributed by atoms with Crippen LogP contribution in [-0.2, 0) is 0 Å². The maximum atomic E-state index is 12.3. The minimum Gasteiger partial charge on any atom is -0.359 e. The van der Waals surface area contributed by atoms with Crippen LogP contribution in [0, 0.1) is 11.8 Å². The molecule has 3 atom stereocenters. The van der Waals surface area contributed by atoms with Gasteiger partial charge in [0.2, 0.25) is 0 Å². The molecule has 5 heteroatoms. The van der Waals surface area contributed by atoms with Crippen LogP contribution in [0.5, 0.6) is 0 Å². The van der Waals surface area contributed by atoms with Gasteiger partial charge in [0.15, 0.2) is 5.11 Å². The van der Waals surface area contributed by atoms with Crippen LogP contribution in [0.25, 0.3) is 0 Å². The first-order valence-corrected chi connectivity index (χ1v) is 9.48. The summed E-state index contributed by atoms with van der Waals surface area (Å²) in [7, 11) is 0. The molecule has 2 aliphatic rings. The van der Waals surface area contributed by atoms with Gasteiger partial charge in [0.1, 0.15) is 0 Å². The smallest absolute Gasteiger partial charge is 0.253 e. The van der Waals surface area contributed by atoms with Crippen LogP contribution < -0.4 is 10.6 Å². The second kappa shape index (κ2) is 7.51. The van der Waals surface area contributed by atoms with Gasteiger partial charge < -0.3 is 15.5 Å². The molecule has 0 radical (unpaired) electrons. The number of rotatable bonds is 5. The number of amides is 1. The molecule has 2 bridgehead atoms. The number of nitrogens with one attached hydrogen (secondary N) is 2. The fraction of sp³-hybridized carbons (Fsp3) is 0.579. The number of carbonyl (C=O) groups excluding carboxylic acids is 1. The first kappa shape index (κ1) is 17.2. The maximum absolute atomic E-state index is 12.3. The molecule has 24 heavy (non-hydrogen) atoms. The zero-order valence-electron chi connectivity index (χ0n) is 14.5. The van der Waals surface area contributed by atoms with Crippen LogP contribution >= 0.6 is 12.2 Å². The van der Waals surface area contributed by atoms with Gasteiger partial charge in [0.25, 0.3) is 5.91 Å². The molecule has 1 aromatic carbocycles. The second-order valence-electron chi connectivity index (χ2n) is 6.93. The molecule has 0 aliphatic heterocycles. The van der Waals surface area contributed by atoms with Crippen LogP contribution in [-0.4, -0.2) is 35.1 Å². The number of carbonyl (C=O) groups is 1. The summed E-state index contributed by atoms with van der Waals surface area (Å²) in [5, 5.41) is 7.42. The number of benzene rings is 1. The Morgan fingerprint density at radius 2 is 1.88 bits per heavy atom. The largest absolute Gasteiger partial charge is 0.359 e. The van der Waals surface area contributed by atoms with E-state index in [0.717, 1.165) is 36.2 Å². The Labute approximate surface area is 150 Å². The molecule has 1 aromatic rings. The number of nitrogens with zero attached hydrogens (tertiary/aromatic N) is 1. The third kappa shape index (κ3) is 3.72. The van der Waals surface area contributed by atoms with Crippen LogP contribution in [0.3, 0.4) is 0 Å². The van der Waals surface area contributed by atoms with Crippen LogP contribution in [0.2, 0.25) is 0 Å². The van der Waals surface area contributed by atoms with Crippen molar-refractivity contribution in [3.63, 3.8) is 0 Å². The van der Waals surface area contributed by atoms with E-state index in [1.165, 1.54) is 25.7 Å². The van der Waals surface area contributed by atoms with Crippen molar-refractivity contribution in [2.45, 2.75) is 45.6 Å². The zero-order chi connectivity index (χ0) is 17.1. The summed E-state index contributed by atoms with van der Waals surface area (Å²) >= 11 is 5.45. The molecule has 2 fully saturated rings. The van der Waals surface area contributed by atoms with E-state index in [0.29, 0.717) is 11.2 Å². The molecule has 0 unspecified atom stereocenters. The predicted octanol–water partition coefficient (Wildman–Crippen LogP) is 3.64. The first-order valence-electron chi connectivity index (χ1n) is 9.07. The third-order valence-corrected chi connectivity index (χ3v) is 5.71. The van der Waals surface area contributed by atoms with Gasteiger partial charge in [-0.1, -0.05) is 6.42 Å². The summed E-state index contributed by atoms with van der Waals surface area (Å²) in [6.07, 6.45) is 5.35. The quantitative estimate of drug-likeness (QED) is 0.800. The van der Waals surface area contributed by atoms with Gasteiger partial charge in [-0.05, 0) is 81.4 Å². The molecule has 0 spiro atoms. The normalized spacial score (nSPS) is 24.7. The SMILES string of the molecule is CCN(CC)C(=O)c1ccc(NC(=S)N[C@H]2C[C@H]3CC[C@H]2C3)cc1.